The molecule has 5 nitrogen and oxygen atoms in total. The average molecular weight is 525 g/mol. The number of anilines is 2. The molecule has 1 saturated heterocycles. The number of aromatic nitrogens is 2. The number of nitrogens with one attached hydrogen (secondary N) is 1. The van der Waals surface area contributed by atoms with E-state index in [9.17, 15) is 4.79 Å². The molecule has 0 radical (unpaired) electrons. The first-order chi connectivity index (χ1) is 18.5. The number of rotatable bonds is 4. The maximum Gasteiger partial charge on any atom is 0.255 e. The van der Waals surface area contributed by atoms with Crippen LogP contribution in [0, 0.1) is 13.8 Å². The van der Waals surface area contributed by atoms with E-state index in [0.717, 1.165) is 51.3 Å². The molecule has 5 rings (SSSR count). The molecule has 1 aliphatic rings. The molecule has 0 saturated carbocycles. The molecular formula is C32H36N4OS. The normalized spacial score (nSPS) is 13.6. The van der Waals surface area contributed by atoms with E-state index in [1.807, 2.05) is 87.3 Å². The molecule has 0 unspecified atom stereocenters. The smallest absolute Gasteiger partial charge is 0.255 e. The van der Waals surface area contributed by atoms with E-state index >= 15 is 0 Å². The van der Waals surface area contributed by atoms with Crippen LogP contribution in [0.1, 0.15) is 54.6 Å². The van der Waals surface area contributed by atoms with E-state index in [1.54, 1.807) is 12.4 Å². The number of fused-ring (bicyclic) bond motifs is 1. The van der Waals surface area contributed by atoms with Crippen LogP contribution >= 0.6 is 11.9 Å². The van der Waals surface area contributed by atoms with Gasteiger partial charge in [0.1, 0.15) is 0 Å². The Bertz CT molecular complexity index is 1420. The standard InChI is InChI=1S/C28H28N4OS.C4H8/c1-19-8-9-21(18-25(19)27-24-7-6-13-29-26(24)12-14-30-27)31-28(33)23-11-10-22(17-20(23)2)32-15-4-3-5-16-34-32;1-3-4-2/h6-14,17-18H,3-5,15-16H2,1-2H3,(H,31,33);3-4H,1-2H3/b;4-3-. The van der Waals surface area contributed by atoms with Crippen LogP contribution in [0.15, 0.2) is 79.1 Å². The number of hydrogen-bond donors (Lipinski definition) is 1. The number of nitrogens with zero attached hydrogens (tertiary/aromatic N) is 3. The third kappa shape index (κ3) is 6.62. The molecule has 1 amide bonds. The lowest BCUT2D eigenvalue weighted by atomic mass is 10.0. The summed E-state index contributed by atoms with van der Waals surface area (Å²) >= 11 is 1.89. The molecule has 1 N–H and O–H groups in total. The maximum absolute atomic E-state index is 13.2. The fraction of sp³-hybridized carbons (Fsp3) is 0.281. The Morgan fingerprint density at radius 2 is 1.76 bits per heavy atom. The Hall–Kier alpha value is -3.64. The predicted molar refractivity (Wildman–Crippen MR) is 163 cm³/mol. The molecule has 3 heterocycles. The summed E-state index contributed by atoms with van der Waals surface area (Å²) < 4.78 is 2.36. The van der Waals surface area contributed by atoms with Gasteiger partial charge < -0.3 is 9.62 Å². The van der Waals surface area contributed by atoms with Crippen LogP contribution in [0.25, 0.3) is 22.2 Å². The number of carbonyl (C=O) groups is 1. The highest BCUT2D eigenvalue weighted by atomic mass is 32.2. The van der Waals surface area contributed by atoms with Gasteiger partial charge in [0, 0.05) is 52.6 Å². The highest BCUT2D eigenvalue weighted by Gasteiger charge is 2.16. The van der Waals surface area contributed by atoms with E-state index in [1.165, 1.54) is 24.9 Å². The number of benzene rings is 2. The van der Waals surface area contributed by atoms with Gasteiger partial charge >= 0.3 is 0 Å². The van der Waals surface area contributed by atoms with E-state index < -0.39 is 0 Å². The van der Waals surface area contributed by atoms with Gasteiger partial charge in [-0.05, 0) is 112 Å². The van der Waals surface area contributed by atoms with Crippen molar-refractivity contribution in [2.24, 2.45) is 0 Å². The summed E-state index contributed by atoms with van der Waals surface area (Å²) in [5.41, 5.74) is 7.45. The van der Waals surface area contributed by atoms with Crippen LogP contribution in [0.4, 0.5) is 11.4 Å². The van der Waals surface area contributed by atoms with Gasteiger partial charge in [-0.15, -0.1) is 0 Å². The first-order valence-corrected chi connectivity index (χ1v) is 14.2. The van der Waals surface area contributed by atoms with Gasteiger partial charge in [-0.1, -0.05) is 24.6 Å². The molecule has 1 fully saturated rings. The Labute approximate surface area is 230 Å². The second-order valence-corrected chi connectivity index (χ2v) is 10.5. The molecule has 6 heteroatoms. The summed E-state index contributed by atoms with van der Waals surface area (Å²) in [5, 5.41) is 4.09. The maximum atomic E-state index is 13.2. The molecule has 1 aliphatic heterocycles. The summed E-state index contributed by atoms with van der Waals surface area (Å²) in [6, 6.07) is 18.0. The van der Waals surface area contributed by atoms with Gasteiger partial charge in [-0.3, -0.25) is 14.8 Å². The molecule has 0 atom stereocenters. The predicted octanol–water partition coefficient (Wildman–Crippen LogP) is 8.39. The van der Waals surface area contributed by atoms with Crippen LogP contribution in [0.3, 0.4) is 0 Å². The number of aryl methyl sites for hydroxylation is 2. The fourth-order valence-corrected chi connectivity index (χ4v) is 5.48. The van der Waals surface area contributed by atoms with Crippen LogP contribution < -0.4 is 9.62 Å². The molecule has 38 heavy (non-hydrogen) atoms. The minimum Gasteiger partial charge on any atom is -0.322 e. The van der Waals surface area contributed by atoms with Crippen molar-refractivity contribution in [3.63, 3.8) is 0 Å². The fourth-order valence-electron chi connectivity index (χ4n) is 4.41. The van der Waals surface area contributed by atoms with Crippen LogP contribution in [0.5, 0.6) is 0 Å². The molecule has 4 aromatic rings. The van der Waals surface area contributed by atoms with Gasteiger partial charge in [-0.2, -0.15) is 0 Å². The summed E-state index contributed by atoms with van der Waals surface area (Å²) in [5.74, 6) is 1.05. The van der Waals surface area contributed by atoms with Crippen molar-refractivity contribution in [3.05, 3.63) is 95.8 Å². The summed E-state index contributed by atoms with van der Waals surface area (Å²) in [6.07, 6.45) is 11.3. The van der Waals surface area contributed by atoms with Crippen molar-refractivity contribution in [3.8, 4) is 11.3 Å². The van der Waals surface area contributed by atoms with Gasteiger partial charge in [0.05, 0.1) is 11.2 Å². The number of pyridine rings is 2. The van der Waals surface area contributed by atoms with Gasteiger partial charge in [0.25, 0.3) is 5.91 Å². The van der Waals surface area contributed by atoms with Gasteiger partial charge in [0.2, 0.25) is 0 Å². The Kier molecular flexibility index (Phi) is 9.55. The van der Waals surface area contributed by atoms with Crippen molar-refractivity contribution in [2.75, 3.05) is 21.9 Å². The van der Waals surface area contributed by atoms with Crippen molar-refractivity contribution in [2.45, 2.75) is 47.0 Å². The minimum atomic E-state index is -0.102. The van der Waals surface area contributed by atoms with Crippen LogP contribution in [-0.2, 0) is 0 Å². The van der Waals surface area contributed by atoms with Crippen molar-refractivity contribution in [1.82, 2.24) is 9.97 Å². The van der Waals surface area contributed by atoms with Crippen LogP contribution in [0.2, 0.25) is 0 Å². The highest BCUT2D eigenvalue weighted by molar-refractivity contribution is 8.00. The summed E-state index contributed by atoms with van der Waals surface area (Å²) in [7, 11) is 0. The zero-order valence-electron chi connectivity index (χ0n) is 22.7. The first kappa shape index (κ1) is 27.4. The lowest BCUT2D eigenvalue weighted by Crippen LogP contribution is -2.17. The topological polar surface area (TPSA) is 58.1 Å². The number of allylic oxidation sites excluding steroid dienone is 2. The first-order valence-electron chi connectivity index (χ1n) is 13.2. The molecule has 0 aliphatic carbocycles. The SMILES string of the molecule is C/C=C\C.Cc1cc(N2CCCCCS2)ccc1C(=O)Nc1ccc(C)c(-c2nccc3ncccc23)c1. The number of amides is 1. The van der Waals surface area contributed by atoms with E-state index in [0.29, 0.717) is 5.56 Å². The quantitative estimate of drug-likeness (QED) is 0.215. The lowest BCUT2D eigenvalue weighted by Gasteiger charge is -2.22. The van der Waals surface area contributed by atoms with Crippen molar-refractivity contribution >= 4 is 40.1 Å². The van der Waals surface area contributed by atoms with E-state index in [4.69, 9.17) is 0 Å². The minimum absolute atomic E-state index is 0.102. The molecule has 2 aromatic heterocycles. The lowest BCUT2D eigenvalue weighted by molar-refractivity contribution is 0.102. The molecule has 2 aromatic carbocycles. The zero-order chi connectivity index (χ0) is 26.9. The van der Waals surface area contributed by atoms with Crippen LogP contribution in [-0.4, -0.2) is 28.2 Å². The van der Waals surface area contributed by atoms with Crippen molar-refractivity contribution < 1.29 is 4.79 Å². The molecular weight excluding hydrogens is 488 g/mol. The summed E-state index contributed by atoms with van der Waals surface area (Å²) in [4.78, 5) is 22.2. The van der Waals surface area contributed by atoms with Gasteiger partial charge in [0.15, 0.2) is 0 Å². The number of hydrogen-bond acceptors (Lipinski definition) is 5. The summed E-state index contributed by atoms with van der Waals surface area (Å²) in [6.45, 7) is 9.12. The monoisotopic (exact) mass is 524 g/mol. The molecule has 196 valence electrons. The third-order valence-corrected chi connectivity index (χ3v) is 7.79. The Balaban J connectivity index is 0.000000786. The Morgan fingerprint density at radius 3 is 2.55 bits per heavy atom. The number of carbonyl (C=O) groups excluding carboxylic acids is 1. The second-order valence-electron chi connectivity index (χ2n) is 9.38. The molecule has 0 bridgehead atoms. The zero-order valence-corrected chi connectivity index (χ0v) is 23.5. The third-order valence-electron chi connectivity index (χ3n) is 6.61. The van der Waals surface area contributed by atoms with E-state index in [2.05, 4.69) is 38.6 Å². The van der Waals surface area contributed by atoms with E-state index in [-0.39, 0.29) is 5.91 Å². The average Bonchev–Trinajstić information content (AvgIpc) is 3.24. The Morgan fingerprint density at radius 1 is 0.921 bits per heavy atom. The highest BCUT2D eigenvalue weighted by Crippen LogP contribution is 2.31. The van der Waals surface area contributed by atoms with Crippen molar-refractivity contribution in [1.29, 1.82) is 0 Å². The second kappa shape index (κ2) is 13.2. The molecule has 0 spiro atoms. The largest absolute Gasteiger partial charge is 0.322 e. The van der Waals surface area contributed by atoms with Gasteiger partial charge in [-0.25, -0.2) is 0 Å².